The fraction of sp³-hybridized carbons (Fsp3) is 0.692. The van der Waals surface area contributed by atoms with Crippen LogP contribution in [0.25, 0.3) is 0 Å². The van der Waals surface area contributed by atoms with Gasteiger partial charge in [0.1, 0.15) is 5.82 Å². The van der Waals surface area contributed by atoms with E-state index in [9.17, 15) is 4.79 Å². The molecule has 0 bridgehead atoms. The van der Waals surface area contributed by atoms with Crippen molar-refractivity contribution < 1.29 is 4.79 Å². The Balaban J connectivity index is 1.72. The SMILES string of the molecule is CC(=O)NCC[C@H]1CCCN(Cc2ncc[nH]2)C1. The summed E-state index contributed by atoms with van der Waals surface area (Å²) in [6.45, 7) is 5.54. The number of carbonyl (C=O) groups excluding carboxylic acids is 1. The topological polar surface area (TPSA) is 61.0 Å². The molecule has 1 aromatic rings. The number of amides is 1. The molecule has 0 unspecified atom stereocenters. The molecule has 0 spiro atoms. The van der Waals surface area contributed by atoms with Crippen molar-refractivity contribution in [2.24, 2.45) is 5.92 Å². The number of piperidine rings is 1. The van der Waals surface area contributed by atoms with E-state index < -0.39 is 0 Å². The van der Waals surface area contributed by atoms with Crippen molar-refractivity contribution >= 4 is 5.91 Å². The van der Waals surface area contributed by atoms with E-state index in [-0.39, 0.29) is 5.91 Å². The lowest BCUT2D eigenvalue weighted by Gasteiger charge is -2.32. The molecular weight excluding hydrogens is 228 g/mol. The predicted octanol–water partition coefficient (Wildman–Crippen LogP) is 1.15. The van der Waals surface area contributed by atoms with Gasteiger partial charge in [0.15, 0.2) is 0 Å². The zero-order valence-corrected chi connectivity index (χ0v) is 11.0. The van der Waals surface area contributed by atoms with Gasteiger partial charge in [0.2, 0.25) is 5.91 Å². The van der Waals surface area contributed by atoms with Crippen molar-refractivity contribution in [1.82, 2.24) is 20.2 Å². The van der Waals surface area contributed by atoms with Crippen LogP contribution in [0.2, 0.25) is 0 Å². The lowest BCUT2D eigenvalue weighted by atomic mass is 9.95. The van der Waals surface area contributed by atoms with Gasteiger partial charge in [-0.05, 0) is 31.7 Å². The van der Waals surface area contributed by atoms with Crippen LogP contribution in [-0.2, 0) is 11.3 Å². The third-order valence-electron chi connectivity index (χ3n) is 3.46. The van der Waals surface area contributed by atoms with Crippen molar-refractivity contribution in [3.8, 4) is 0 Å². The van der Waals surface area contributed by atoms with Crippen LogP contribution in [0.4, 0.5) is 0 Å². The largest absolute Gasteiger partial charge is 0.356 e. The molecule has 2 rings (SSSR count). The van der Waals surface area contributed by atoms with Gasteiger partial charge in [0.25, 0.3) is 0 Å². The van der Waals surface area contributed by atoms with Crippen LogP contribution in [0.3, 0.4) is 0 Å². The maximum absolute atomic E-state index is 10.8. The minimum absolute atomic E-state index is 0.0678. The highest BCUT2D eigenvalue weighted by atomic mass is 16.1. The van der Waals surface area contributed by atoms with Gasteiger partial charge < -0.3 is 10.3 Å². The van der Waals surface area contributed by atoms with E-state index in [0.29, 0.717) is 5.92 Å². The smallest absolute Gasteiger partial charge is 0.216 e. The molecular formula is C13H22N4O. The molecule has 100 valence electrons. The Morgan fingerprint density at radius 2 is 2.56 bits per heavy atom. The highest BCUT2D eigenvalue weighted by Gasteiger charge is 2.20. The first-order chi connectivity index (χ1) is 8.74. The van der Waals surface area contributed by atoms with Gasteiger partial charge in [-0.25, -0.2) is 4.98 Å². The molecule has 1 amide bonds. The molecule has 1 fully saturated rings. The van der Waals surface area contributed by atoms with Crippen molar-refractivity contribution in [2.45, 2.75) is 32.7 Å². The van der Waals surface area contributed by atoms with Gasteiger partial charge in [-0.15, -0.1) is 0 Å². The van der Waals surface area contributed by atoms with Crippen LogP contribution >= 0.6 is 0 Å². The van der Waals surface area contributed by atoms with E-state index in [2.05, 4.69) is 20.2 Å². The summed E-state index contributed by atoms with van der Waals surface area (Å²) in [5.74, 6) is 1.80. The fourth-order valence-electron chi connectivity index (χ4n) is 2.58. The molecule has 1 aliphatic rings. The third kappa shape index (κ3) is 4.14. The van der Waals surface area contributed by atoms with Gasteiger partial charge in [0, 0.05) is 32.4 Å². The number of aromatic amines is 1. The first-order valence-electron chi connectivity index (χ1n) is 6.69. The number of hydrogen-bond donors (Lipinski definition) is 2. The minimum atomic E-state index is 0.0678. The van der Waals surface area contributed by atoms with E-state index in [1.807, 2.05) is 6.20 Å². The maximum Gasteiger partial charge on any atom is 0.216 e. The summed E-state index contributed by atoms with van der Waals surface area (Å²) in [5.41, 5.74) is 0. The lowest BCUT2D eigenvalue weighted by Crippen LogP contribution is -2.36. The van der Waals surface area contributed by atoms with Gasteiger partial charge in [-0.2, -0.15) is 0 Å². The quantitative estimate of drug-likeness (QED) is 0.824. The van der Waals surface area contributed by atoms with Crippen LogP contribution in [0.1, 0.15) is 32.0 Å². The first kappa shape index (κ1) is 13.1. The highest BCUT2D eigenvalue weighted by molar-refractivity contribution is 5.72. The Kier molecular flexibility index (Phi) is 4.75. The number of hydrogen-bond acceptors (Lipinski definition) is 3. The molecule has 0 radical (unpaired) electrons. The molecule has 1 saturated heterocycles. The lowest BCUT2D eigenvalue weighted by molar-refractivity contribution is -0.119. The third-order valence-corrected chi connectivity index (χ3v) is 3.46. The molecule has 1 aliphatic heterocycles. The van der Waals surface area contributed by atoms with E-state index >= 15 is 0 Å². The molecule has 0 aliphatic carbocycles. The average molecular weight is 250 g/mol. The number of imidazole rings is 1. The van der Waals surface area contributed by atoms with Crippen molar-refractivity contribution in [3.05, 3.63) is 18.2 Å². The number of H-pyrrole nitrogens is 1. The summed E-state index contributed by atoms with van der Waals surface area (Å²) < 4.78 is 0. The molecule has 0 aromatic carbocycles. The molecule has 2 N–H and O–H groups in total. The monoisotopic (exact) mass is 250 g/mol. The molecule has 5 nitrogen and oxygen atoms in total. The second-order valence-corrected chi connectivity index (χ2v) is 5.05. The Bertz CT molecular complexity index is 363. The van der Waals surface area contributed by atoms with E-state index in [1.165, 1.54) is 12.8 Å². The van der Waals surface area contributed by atoms with E-state index in [4.69, 9.17) is 0 Å². The summed E-state index contributed by atoms with van der Waals surface area (Å²) >= 11 is 0. The van der Waals surface area contributed by atoms with Crippen LogP contribution in [0.5, 0.6) is 0 Å². The highest BCUT2D eigenvalue weighted by Crippen LogP contribution is 2.20. The Morgan fingerprint density at radius 3 is 3.28 bits per heavy atom. The summed E-state index contributed by atoms with van der Waals surface area (Å²) in [7, 11) is 0. The molecule has 2 heterocycles. The number of likely N-dealkylation sites (tertiary alicyclic amines) is 1. The van der Waals surface area contributed by atoms with Gasteiger partial charge in [0.05, 0.1) is 6.54 Å². The fourth-order valence-corrected chi connectivity index (χ4v) is 2.58. The molecule has 1 atom stereocenters. The van der Waals surface area contributed by atoms with Gasteiger partial charge in [-0.1, -0.05) is 0 Å². The molecule has 5 heteroatoms. The number of aromatic nitrogens is 2. The zero-order valence-electron chi connectivity index (χ0n) is 11.0. The summed E-state index contributed by atoms with van der Waals surface area (Å²) in [4.78, 5) is 20.7. The first-order valence-corrected chi connectivity index (χ1v) is 6.69. The van der Waals surface area contributed by atoms with E-state index in [0.717, 1.165) is 38.4 Å². The normalized spacial score (nSPS) is 20.8. The number of nitrogens with zero attached hydrogens (tertiary/aromatic N) is 2. The van der Waals surface area contributed by atoms with Crippen LogP contribution in [0, 0.1) is 5.92 Å². The Hall–Kier alpha value is -1.36. The van der Waals surface area contributed by atoms with E-state index in [1.54, 1.807) is 13.1 Å². The number of rotatable bonds is 5. The molecule has 1 aromatic heterocycles. The molecule has 0 saturated carbocycles. The predicted molar refractivity (Wildman–Crippen MR) is 69.9 cm³/mol. The summed E-state index contributed by atoms with van der Waals surface area (Å²) in [6.07, 6.45) is 7.26. The summed E-state index contributed by atoms with van der Waals surface area (Å²) in [6, 6.07) is 0. The average Bonchev–Trinajstić information content (AvgIpc) is 2.82. The Labute approximate surface area is 108 Å². The molecule has 18 heavy (non-hydrogen) atoms. The zero-order chi connectivity index (χ0) is 12.8. The van der Waals surface area contributed by atoms with Crippen molar-refractivity contribution in [3.63, 3.8) is 0 Å². The van der Waals surface area contributed by atoms with Crippen molar-refractivity contribution in [1.29, 1.82) is 0 Å². The summed E-state index contributed by atoms with van der Waals surface area (Å²) in [5, 5.41) is 2.88. The maximum atomic E-state index is 10.8. The standard InChI is InChI=1S/C13H22N4O/c1-11(18)14-5-4-12-3-2-8-17(9-12)10-13-15-6-7-16-13/h6-7,12H,2-5,8-10H2,1H3,(H,14,18)(H,15,16)/t12-/m1/s1. The number of carbonyl (C=O) groups is 1. The number of nitrogens with one attached hydrogen (secondary N) is 2. The second kappa shape index (κ2) is 6.54. The van der Waals surface area contributed by atoms with Gasteiger partial charge >= 0.3 is 0 Å². The minimum Gasteiger partial charge on any atom is -0.356 e. The van der Waals surface area contributed by atoms with Crippen LogP contribution in [-0.4, -0.2) is 40.4 Å². The van der Waals surface area contributed by atoms with Crippen molar-refractivity contribution in [2.75, 3.05) is 19.6 Å². The Morgan fingerprint density at radius 1 is 1.67 bits per heavy atom. The second-order valence-electron chi connectivity index (χ2n) is 5.05. The van der Waals surface area contributed by atoms with Crippen LogP contribution < -0.4 is 5.32 Å². The van der Waals surface area contributed by atoms with Gasteiger partial charge in [-0.3, -0.25) is 9.69 Å². The van der Waals surface area contributed by atoms with Crippen LogP contribution in [0.15, 0.2) is 12.4 Å².